The van der Waals surface area contributed by atoms with Gasteiger partial charge < -0.3 is 15.2 Å². The molecule has 0 saturated carbocycles. The summed E-state index contributed by atoms with van der Waals surface area (Å²) in [6.45, 7) is 1.83. The maximum Gasteiger partial charge on any atom is 0.294 e. The number of nitrogens with one attached hydrogen (secondary N) is 2. The third kappa shape index (κ3) is 3.82. The normalized spacial score (nSPS) is 10.6. The number of aryl methyl sites for hydroxylation is 1. The van der Waals surface area contributed by atoms with Crippen molar-refractivity contribution in [1.29, 1.82) is 0 Å². The predicted octanol–water partition coefficient (Wildman–Crippen LogP) is 2.95. The SMILES string of the molecule is Cc1nc(Nc2ccc(NC(=O)c3ccno3)cc2)cc(-n2ccnc2)n1. The highest BCUT2D eigenvalue weighted by Crippen LogP contribution is 2.19. The van der Waals surface area contributed by atoms with E-state index in [9.17, 15) is 4.79 Å². The smallest absolute Gasteiger partial charge is 0.294 e. The minimum atomic E-state index is -0.357. The second-order valence-electron chi connectivity index (χ2n) is 5.66. The molecule has 27 heavy (non-hydrogen) atoms. The summed E-state index contributed by atoms with van der Waals surface area (Å²) in [4.78, 5) is 24.8. The number of hydrogen-bond acceptors (Lipinski definition) is 7. The molecule has 1 aromatic carbocycles. The number of anilines is 3. The molecule has 0 atom stereocenters. The maximum atomic E-state index is 12.0. The molecule has 0 unspecified atom stereocenters. The first-order valence-electron chi connectivity index (χ1n) is 8.10. The van der Waals surface area contributed by atoms with Crippen molar-refractivity contribution in [1.82, 2.24) is 24.7 Å². The van der Waals surface area contributed by atoms with Crippen molar-refractivity contribution < 1.29 is 9.32 Å². The lowest BCUT2D eigenvalue weighted by Gasteiger charge is -2.10. The molecular weight excluding hydrogens is 346 g/mol. The summed E-state index contributed by atoms with van der Waals surface area (Å²) in [5.41, 5.74) is 1.46. The highest BCUT2D eigenvalue weighted by atomic mass is 16.5. The van der Waals surface area contributed by atoms with Gasteiger partial charge in [-0.1, -0.05) is 5.16 Å². The van der Waals surface area contributed by atoms with Gasteiger partial charge in [0.1, 0.15) is 23.8 Å². The second kappa shape index (κ2) is 7.08. The van der Waals surface area contributed by atoms with Gasteiger partial charge in [-0.2, -0.15) is 0 Å². The zero-order valence-corrected chi connectivity index (χ0v) is 14.3. The summed E-state index contributed by atoms with van der Waals surface area (Å²) in [6.07, 6.45) is 6.61. The minimum Gasteiger partial charge on any atom is -0.351 e. The molecule has 3 aromatic heterocycles. The van der Waals surface area contributed by atoms with Gasteiger partial charge in [0.2, 0.25) is 5.76 Å². The molecule has 4 rings (SSSR count). The van der Waals surface area contributed by atoms with Gasteiger partial charge in [0.15, 0.2) is 0 Å². The highest BCUT2D eigenvalue weighted by molar-refractivity contribution is 6.02. The lowest BCUT2D eigenvalue weighted by Crippen LogP contribution is -2.10. The lowest BCUT2D eigenvalue weighted by molar-refractivity contribution is 0.0988. The van der Waals surface area contributed by atoms with E-state index < -0.39 is 0 Å². The number of carbonyl (C=O) groups excluding carboxylic acids is 1. The van der Waals surface area contributed by atoms with Gasteiger partial charge >= 0.3 is 0 Å². The number of amides is 1. The van der Waals surface area contributed by atoms with Crippen LogP contribution in [0.2, 0.25) is 0 Å². The Balaban J connectivity index is 1.48. The van der Waals surface area contributed by atoms with Crippen LogP contribution in [0.5, 0.6) is 0 Å². The summed E-state index contributed by atoms with van der Waals surface area (Å²) < 4.78 is 6.64. The van der Waals surface area contributed by atoms with E-state index in [0.717, 1.165) is 11.5 Å². The fraction of sp³-hybridized carbons (Fsp3) is 0.0556. The highest BCUT2D eigenvalue weighted by Gasteiger charge is 2.10. The van der Waals surface area contributed by atoms with Crippen LogP contribution in [0.1, 0.15) is 16.4 Å². The molecule has 0 aliphatic heterocycles. The summed E-state index contributed by atoms with van der Waals surface area (Å²) in [7, 11) is 0. The number of benzene rings is 1. The van der Waals surface area contributed by atoms with E-state index >= 15 is 0 Å². The topological polar surface area (TPSA) is 111 Å². The monoisotopic (exact) mass is 361 g/mol. The van der Waals surface area contributed by atoms with E-state index in [4.69, 9.17) is 4.52 Å². The third-order valence-electron chi connectivity index (χ3n) is 3.67. The molecule has 9 nitrogen and oxygen atoms in total. The Morgan fingerprint density at radius 2 is 1.89 bits per heavy atom. The lowest BCUT2D eigenvalue weighted by atomic mass is 10.2. The first-order valence-corrected chi connectivity index (χ1v) is 8.10. The largest absolute Gasteiger partial charge is 0.351 e. The Hall–Kier alpha value is -4.01. The Morgan fingerprint density at radius 1 is 1.07 bits per heavy atom. The molecule has 0 saturated heterocycles. The van der Waals surface area contributed by atoms with Crippen molar-refractivity contribution in [3.05, 3.63) is 72.9 Å². The van der Waals surface area contributed by atoms with Crippen LogP contribution in [0.3, 0.4) is 0 Å². The summed E-state index contributed by atoms with van der Waals surface area (Å²) in [5, 5.41) is 9.48. The van der Waals surface area contributed by atoms with Crippen molar-refractivity contribution in [2.45, 2.75) is 6.92 Å². The maximum absolute atomic E-state index is 12.0. The van der Waals surface area contributed by atoms with Crippen LogP contribution in [0.4, 0.5) is 17.2 Å². The summed E-state index contributed by atoms with van der Waals surface area (Å²) in [6, 6.07) is 10.6. The Labute approximate surface area is 154 Å². The Bertz CT molecular complexity index is 1040. The van der Waals surface area contributed by atoms with Crippen LogP contribution in [-0.2, 0) is 0 Å². The van der Waals surface area contributed by atoms with Crippen LogP contribution < -0.4 is 10.6 Å². The zero-order chi connectivity index (χ0) is 18.6. The molecule has 3 heterocycles. The molecule has 0 radical (unpaired) electrons. The third-order valence-corrected chi connectivity index (χ3v) is 3.67. The molecule has 2 N–H and O–H groups in total. The van der Waals surface area contributed by atoms with Gasteiger partial charge in [-0.25, -0.2) is 15.0 Å². The second-order valence-corrected chi connectivity index (χ2v) is 5.66. The Morgan fingerprint density at radius 3 is 2.59 bits per heavy atom. The molecule has 134 valence electrons. The molecule has 1 amide bonds. The molecular formula is C18H15N7O2. The molecule has 0 aliphatic carbocycles. The summed E-state index contributed by atoms with van der Waals surface area (Å²) >= 11 is 0. The first kappa shape index (κ1) is 16.5. The van der Waals surface area contributed by atoms with Crippen LogP contribution in [-0.4, -0.2) is 30.6 Å². The van der Waals surface area contributed by atoms with E-state index in [1.807, 2.05) is 35.9 Å². The average Bonchev–Trinajstić information content (AvgIpc) is 3.37. The standard InChI is InChI=1S/C18H15N7O2/c1-12-21-16(10-17(22-12)25-9-8-19-11-25)23-13-2-4-14(5-3-13)24-18(26)15-6-7-20-27-15/h2-11H,1H3,(H,24,26)(H,21,22,23). The van der Waals surface area contributed by atoms with Gasteiger partial charge in [-0.3, -0.25) is 9.36 Å². The van der Waals surface area contributed by atoms with Crippen LogP contribution in [0.25, 0.3) is 5.82 Å². The van der Waals surface area contributed by atoms with Crippen LogP contribution in [0, 0.1) is 6.92 Å². The predicted molar refractivity (Wildman–Crippen MR) is 98.1 cm³/mol. The molecule has 0 aliphatic rings. The summed E-state index contributed by atoms with van der Waals surface area (Å²) in [5.74, 6) is 1.81. The van der Waals surface area contributed by atoms with E-state index in [2.05, 4.69) is 30.7 Å². The van der Waals surface area contributed by atoms with E-state index in [-0.39, 0.29) is 11.7 Å². The number of aromatic nitrogens is 5. The van der Waals surface area contributed by atoms with E-state index in [1.54, 1.807) is 24.7 Å². The Kier molecular flexibility index (Phi) is 4.32. The van der Waals surface area contributed by atoms with Crippen LogP contribution in [0.15, 0.2) is 65.8 Å². The molecule has 0 fully saturated rings. The number of hydrogen-bond donors (Lipinski definition) is 2. The molecule has 0 bridgehead atoms. The first-order chi connectivity index (χ1) is 13.2. The van der Waals surface area contributed by atoms with Gasteiger partial charge in [-0.05, 0) is 31.2 Å². The fourth-order valence-corrected chi connectivity index (χ4v) is 2.45. The van der Waals surface area contributed by atoms with Crippen molar-refractivity contribution >= 4 is 23.1 Å². The van der Waals surface area contributed by atoms with Gasteiger partial charge in [0.05, 0.1) is 6.20 Å². The number of nitrogens with zero attached hydrogens (tertiary/aromatic N) is 5. The fourth-order valence-electron chi connectivity index (χ4n) is 2.45. The van der Waals surface area contributed by atoms with Crippen molar-refractivity contribution in [3.8, 4) is 5.82 Å². The van der Waals surface area contributed by atoms with E-state index in [1.165, 1.54) is 12.3 Å². The van der Waals surface area contributed by atoms with E-state index in [0.29, 0.717) is 17.3 Å². The van der Waals surface area contributed by atoms with Crippen molar-refractivity contribution in [3.63, 3.8) is 0 Å². The molecule has 4 aromatic rings. The van der Waals surface area contributed by atoms with Gasteiger partial charge in [-0.15, -0.1) is 0 Å². The quantitative estimate of drug-likeness (QED) is 0.562. The zero-order valence-electron chi connectivity index (χ0n) is 14.3. The van der Waals surface area contributed by atoms with Crippen molar-refractivity contribution in [2.24, 2.45) is 0 Å². The van der Waals surface area contributed by atoms with Gasteiger partial charge in [0, 0.05) is 35.9 Å². The molecule has 9 heteroatoms. The number of rotatable bonds is 5. The molecule has 0 spiro atoms. The van der Waals surface area contributed by atoms with Crippen molar-refractivity contribution in [2.75, 3.05) is 10.6 Å². The van der Waals surface area contributed by atoms with Crippen LogP contribution >= 0.6 is 0 Å². The minimum absolute atomic E-state index is 0.153. The number of carbonyl (C=O) groups is 1. The average molecular weight is 361 g/mol. The number of imidazole rings is 1. The van der Waals surface area contributed by atoms with Gasteiger partial charge in [0.25, 0.3) is 5.91 Å².